The highest BCUT2D eigenvalue weighted by atomic mass is 16.6. The molecule has 2 aromatic rings. The molecule has 0 aliphatic carbocycles. The zero-order chi connectivity index (χ0) is 15.4. The molecule has 21 heavy (non-hydrogen) atoms. The van der Waals surface area contributed by atoms with E-state index in [2.05, 4.69) is 24.1 Å². The number of nitrogens with one attached hydrogen (secondary N) is 1. The van der Waals surface area contributed by atoms with Crippen molar-refractivity contribution in [2.75, 3.05) is 11.9 Å². The Morgan fingerprint density at radius 2 is 2.14 bits per heavy atom. The number of pyridine rings is 1. The molecule has 0 bridgehead atoms. The molecule has 1 aromatic heterocycles. The summed E-state index contributed by atoms with van der Waals surface area (Å²) in [5, 5.41) is 15.2. The summed E-state index contributed by atoms with van der Waals surface area (Å²) >= 11 is 0. The summed E-state index contributed by atoms with van der Waals surface area (Å²) in [5.41, 5.74) is 6.93. The van der Waals surface area contributed by atoms with Gasteiger partial charge in [-0.05, 0) is 36.6 Å². The van der Waals surface area contributed by atoms with Crippen LogP contribution in [0.1, 0.15) is 20.3 Å². The molecule has 0 saturated heterocycles. The minimum absolute atomic E-state index is 0.0119. The van der Waals surface area contributed by atoms with E-state index in [0.29, 0.717) is 29.1 Å². The molecule has 0 saturated carbocycles. The van der Waals surface area contributed by atoms with Crippen LogP contribution in [0.15, 0.2) is 30.5 Å². The zero-order valence-corrected chi connectivity index (χ0v) is 12.2. The summed E-state index contributed by atoms with van der Waals surface area (Å²) in [6.45, 7) is 4.63. The Balaban J connectivity index is 2.43. The topological polar surface area (TPSA) is 94.1 Å². The minimum Gasteiger partial charge on any atom is -0.375 e. The Morgan fingerprint density at radius 1 is 1.38 bits per heavy atom. The lowest BCUT2D eigenvalue weighted by molar-refractivity contribution is -0.382. The number of fused-ring (bicyclic) bond motifs is 1. The third-order valence-corrected chi connectivity index (χ3v) is 3.34. The molecule has 1 aromatic carbocycles. The van der Waals surface area contributed by atoms with Crippen molar-refractivity contribution in [3.05, 3.63) is 40.6 Å². The second-order valence-corrected chi connectivity index (χ2v) is 5.50. The number of aromatic nitrogens is 1. The highest BCUT2D eigenvalue weighted by Gasteiger charge is 2.21. The fraction of sp³-hybridized carbons (Fsp3) is 0.400. The molecule has 1 unspecified atom stereocenters. The summed E-state index contributed by atoms with van der Waals surface area (Å²) < 4.78 is 0. The van der Waals surface area contributed by atoms with Gasteiger partial charge in [-0.1, -0.05) is 13.8 Å². The van der Waals surface area contributed by atoms with Gasteiger partial charge >= 0.3 is 5.69 Å². The third-order valence-electron chi connectivity index (χ3n) is 3.34. The second-order valence-electron chi connectivity index (χ2n) is 5.50. The number of rotatable bonds is 6. The third kappa shape index (κ3) is 3.46. The van der Waals surface area contributed by atoms with Crippen LogP contribution < -0.4 is 11.1 Å². The van der Waals surface area contributed by atoms with Gasteiger partial charge in [-0.2, -0.15) is 0 Å². The number of hydrogen-bond acceptors (Lipinski definition) is 5. The SMILES string of the molecule is CC(C)CC(CN)Nc1ccc2ncccc2c1[N+](=O)[O-]. The number of nitro benzene ring substituents is 1. The van der Waals surface area contributed by atoms with Crippen LogP contribution in [0.3, 0.4) is 0 Å². The monoisotopic (exact) mass is 288 g/mol. The van der Waals surface area contributed by atoms with E-state index >= 15 is 0 Å². The van der Waals surface area contributed by atoms with Crippen molar-refractivity contribution in [3.8, 4) is 0 Å². The van der Waals surface area contributed by atoms with E-state index in [0.717, 1.165) is 6.42 Å². The Morgan fingerprint density at radius 3 is 2.76 bits per heavy atom. The number of hydrogen-bond donors (Lipinski definition) is 2. The van der Waals surface area contributed by atoms with Crippen molar-refractivity contribution in [1.82, 2.24) is 4.98 Å². The van der Waals surface area contributed by atoms with Crippen LogP contribution in [0.25, 0.3) is 10.9 Å². The van der Waals surface area contributed by atoms with Crippen LogP contribution in [-0.2, 0) is 0 Å². The van der Waals surface area contributed by atoms with Crippen LogP contribution in [-0.4, -0.2) is 22.5 Å². The standard InChI is InChI=1S/C15H20N4O2/c1-10(2)8-11(9-16)18-14-6-5-13-12(4-3-7-17-13)15(14)19(20)21/h3-7,10-11,18H,8-9,16H2,1-2H3. The normalized spacial score (nSPS) is 12.6. The first-order chi connectivity index (χ1) is 10.0. The zero-order valence-electron chi connectivity index (χ0n) is 12.2. The maximum absolute atomic E-state index is 11.4. The van der Waals surface area contributed by atoms with Crippen molar-refractivity contribution >= 4 is 22.3 Å². The molecular weight excluding hydrogens is 268 g/mol. The van der Waals surface area contributed by atoms with E-state index in [-0.39, 0.29) is 16.7 Å². The van der Waals surface area contributed by atoms with Crippen LogP contribution >= 0.6 is 0 Å². The number of nitro groups is 1. The van der Waals surface area contributed by atoms with Crippen molar-refractivity contribution in [3.63, 3.8) is 0 Å². The van der Waals surface area contributed by atoms with Crippen LogP contribution in [0, 0.1) is 16.0 Å². The lowest BCUT2D eigenvalue weighted by Gasteiger charge is -2.20. The first kappa shape index (κ1) is 15.2. The predicted octanol–water partition coefficient (Wildman–Crippen LogP) is 2.93. The molecule has 0 fully saturated rings. The quantitative estimate of drug-likeness (QED) is 0.629. The molecule has 0 aliphatic rings. The van der Waals surface area contributed by atoms with Gasteiger partial charge in [0.15, 0.2) is 0 Å². The summed E-state index contributed by atoms with van der Waals surface area (Å²) in [5.74, 6) is 0.465. The second kappa shape index (κ2) is 6.49. The molecule has 2 rings (SSSR count). The first-order valence-electron chi connectivity index (χ1n) is 7.01. The lowest BCUT2D eigenvalue weighted by Crippen LogP contribution is -2.30. The van der Waals surface area contributed by atoms with E-state index < -0.39 is 0 Å². The largest absolute Gasteiger partial charge is 0.375 e. The van der Waals surface area contributed by atoms with E-state index in [1.54, 1.807) is 30.5 Å². The van der Waals surface area contributed by atoms with Crippen molar-refractivity contribution < 1.29 is 4.92 Å². The fourth-order valence-electron chi connectivity index (χ4n) is 2.45. The number of nitrogens with two attached hydrogens (primary N) is 1. The van der Waals surface area contributed by atoms with Gasteiger partial charge in [-0.3, -0.25) is 15.1 Å². The predicted molar refractivity (Wildman–Crippen MR) is 84.3 cm³/mol. The van der Waals surface area contributed by atoms with Gasteiger partial charge in [-0.25, -0.2) is 0 Å². The Bertz CT molecular complexity index is 643. The summed E-state index contributed by atoms with van der Waals surface area (Å²) in [6, 6.07) is 6.92. The molecule has 1 atom stereocenters. The average molecular weight is 288 g/mol. The maximum Gasteiger partial charge on any atom is 0.301 e. The van der Waals surface area contributed by atoms with E-state index in [1.165, 1.54) is 0 Å². The molecule has 3 N–H and O–H groups in total. The van der Waals surface area contributed by atoms with Gasteiger partial charge in [0.05, 0.1) is 15.8 Å². The van der Waals surface area contributed by atoms with E-state index in [9.17, 15) is 10.1 Å². The van der Waals surface area contributed by atoms with E-state index in [1.807, 2.05) is 0 Å². The number of anilines is 1. The molecule has 0 aliphatic heterocycles. The van der Waals surface area contributed by atoms with Crippen LogP contribution in [0.4, 0.5) is 11.4 Å². The highest BCUT2D eigenvalue weighted by molar-refractivity contribution is 5.94. The lowest BCUT2D eigenvalue weighted by atomic mass is 10.0. The molecule has 0 spiro atoms. The van der Waals surface area contributed by atoms with Gasteiger partial charge in [0.2, 0.25) is 0 Å². The average Bonchev–Trinajstić information content (AvgIpc) is 2.45. The Kier molecular flexibility index (Phi) is 4.70. The smallest absolute Gasteiger partial charge is 0.301 e. The van der Waals surface area contributed by atoms with E-state index in [4.69, 9.17) is 5.73 Å². The van der Waals surface area contributed by atoms with Crippen molar-refractivity contribution in [2.45, 2.75) is 26.3 Å². The summed E-state index contributed by atoms with van der Waals surface area (Å²) in [4.78, 5) is 15.2. The van der Waals surface area contributed by atoms with Gasteiger partial charge < -0.3 is 11.1 Å². The number of nitrogens with zero attached hydrogens (tertiary/aromatic N) is 2. The molecule has 6 nitrogen and oxygen atoms in total. The minimum atomic E-state index is -0.366. The molecule has 6 heteroatoms. The summed E-state index contributed by atoms with van der Waals surface area (Å²) in [7, 11) is 0. The van der Waals surface area contributed by atoms with Gasteiger partial charge in [0.25, 0.3) is 0 Å². The number of benzene rings is 1. The van der Waals surface area contributed by atoms with Crippen molar-refractivity contribution in [2.24, 2.45) is 11.7 Å². The molecule has 0 radical (unpaired) electrons. The Labute approximate surface area is 123 Å². The fourth-order valence-corrected chi connectivity index (χ4v) is 2.45. The molecule has 112 valence electrons. The van der Waals surface area contributed by atoms with Gasteiger partial charge in [-0.15, -0.1) is 0 Å². The van der Waals surface area contributed by atoms with Gasteiger partial charge in [0, 0.05) is 18.8 Å². The Hall–Kier alpha value is -2.21. The van der Waals surface area contributed by atoms with Gasteiger partial charge in [0.1, 0.15) is 5.69 Å². The van der Waals surface area contributed by atoms with Crippen LogP contribution in [0.2, 0.25) is 0 Å². The maximum atomic E-state index is 11.4. The molecule has 0 amide bonds. The summed E-state index contributed by atoms with van der Waals surface area (Å²) in [6.07, 6.45) is 2.49. The van der Waals surface area contributed by atoms with Crippen molar-refractivity contribution in [1.29, 1.82) is 0 Å². The highest BCUT2D eigenvalue weighted by Crippen LogP contribution is 2.33. The molecule has 1 heterocycles. The first-order valence-corrected chi connectivity index (χ1v) is 7.01. The molecular formula is C15H20N4O2. The van der Waals surface area contributed by atoms with Crippen LogP contribution in [0.5, 0.6) is 0 Å².